The first-order chi connectivity index (χ1) is 9.65. The lowest BCUT2D eigenvalue weighted by Crippen LogP contribution is -1.94. The van der Waals surface area contributed by atoms with Crippen molar-refractivity contribution in [2.45, 2.75) is 0 Å². The maximum absolute atomic E-state index is 13.7. The van der Waals surface area contributed by atoms with Crippen molar-refractivity contribution in [3.63, 3.8) is 0 Å². The van der Waals surface area contributed by atoms with Gasteiger partial charge in [0, 0.05) is 23.1 Å². The Bertz CT molecular complexity index is 638. The smallest absolute Gasteiger partial charge is 0.130 e. The van der Waals surface area contributed by atoms with Gasteiger partial charge < -0.3 is 4.74 Å². The molecule has 0 aliphatic rings. The van der Waals surface area contributed by atoms with Gasteiger partial charge >= 0.3 is 0 Å². The van der Waals surface area contributed by atoms with Crippen LogP contribution in [0.15, 0.2) is 42.5 Å². The Morgan fingerprint density at radius 3 is 2.60 bits per heavy atom. The van der Waals surface area contributed by atoms with Gasteiger partial charge in [0.05, 0.1) is 7.11 Å². The first kappa shape index (κ1) is 14.5. The molecule has 20 heavy (non-hydrogen) atoms. The van der Waals surface area contributed by atoms with E-state index in [0.29, 0.717) is 22.4 Å². The van der Waals surface area contributed by atoms with Crippen LogP contribution in [0, 0.1) is 11.6 Å². The van der Waals surface area contributed by atoms with E-state index in [4.69, 9.17) is 16.3 Å². The molecule has 0 unspecified atom stereocenters. The summed E-state index contributed by atoms with van der Waals surface area (Å²) < 4.78 is 32.0. The SMILES string of the molecule is COc1cc(F)ccc1C(=Cc1ccccc1F)CCl. The van der Waals surface area contributed by atoms with Crippen LogP contribution in [0.5, 0.6) is 5.75 Å². The number of halogens is 3. The highest BCUT2D eigenvalue weighted by Crippen LogP contribution is 2.29. The van der Waals surface area contributed by atoms with Gasteiger partial charge in [0.1, 0.15) is 17.4 Å². The predicted molar refractivity (Wildman–Crippen MR) is 77.9 cm³/mol. The fraction of sp³-hybridized carbons (Fsp3) is 0.125. The molecule has 2 rings (SSSR count). The summed E-state index contributed by atoms with van der Waals surface area (Å²) in [5.74, 6) is -0.203. The fourth-order valence-electron chi connectivity index (χ4n) is 1.90. The molecule has 0 saturated heterocycles. The molecule has 1 nitrogen and oxygen atoms in total. The lowest BCUT2D eigenvalue weighted by Gasteiger charge is -2.11. The van der Waals surface area contributed by atoms with Crippen LogP contribution >= 0.6 is 11.6 Å². The van der Waals surface area contributed by atoms with E-state index in [2.05, 4.69) is 0 Å². The second-order valence-corrected chi connectivity index (χ2v) is 4.44. The van der Waals surface area contributed by atoms with Gasteiger partial charge in [-0.3, -0.25) is 0 Å². The minimum atomic E-state index is -0.398. The first-order valence-corrected chi connectivity index (χ1v) is 6.54. The number of hydrogen-bond donors (Lipinski definition) is 0. The van der Waals surface area contributed by atoms with Crippen molar-refractivity contribution >= 4 is 23.3 Å². The Labute approximate surface area is 121 Å². The quantitative estimate of drug-likeness (QED) is 0.584. The minimum Gasteiger partial charge on any atom is -0.496 e. The number of hydrogen-bond acceptors (Lipinski definition) is 1. The molecule has 0 atom stereocenters. The van der Waals surface area contributed by atoms with E-state index in [1.807, 2.05) is 0 Å². The van der Waals surface area contributed by atoms with Crippen LogP contribution in [0.3, 0.4) is 0 Å². The number of alkyl halides is 1. The second-order valence-electron chi connectivity index (χ2n) is 4.17. The van der Waals surface area contributed by atoms with Crippen LogP contribution in [0.2, 0.25) is 0 Å². The third kappa shape index (κ3) is 3.17. The molecule has 2 aromatic rings. The molecular weight excluding hydrogens is 282 g/mol. The number of methoxy groups -OCH3 is 1. The number of allylic oxidation sites excluding steroid dienone is 1. The van der Waals surface area contributed by atoms with Gasteiger partial charge in [-0.05, 0) is 29.8 Å². The summed E-state index contributed by atoms with van der Waals surface area (Å²) in [6, 6.07) is 10.5. The number of ether oxygens (including phenoxy) is 1. The molecule has 0 aromatic heterocycles. The summed E-state index contributed by atoms with van der Waals surface area (Å²) in [5, 5.41) is 0. The van der Waals surface area contributed by atoms with Crippen molar-refractivity contribution < 1.29 is 13.5 Å². The zero-order valence-corrected chi connectivity index (χ0v) is 11.6. The van der Waals surface area contributed by atoms with Gasteiger partial charge in [-0.1, -0.05) is 18.2 Å². The topological polar surface area (TPSA) is 9.23 Å². The Morgan fingerprint density at radius 1 is 1.20 bits per heavy atom. The fourth-order valence-corrected chi connectivity index (χ4v) is 2.12. The van der Waals surface area contributed by atoms with Gasteiger partial charge in [-0.25, -0.2) is 8.78 Å². The van der Waals surface area contributed by atoms with E-state index in [1.54, 1.807) is 30.3 Å². The molecule has 104 valence electrons. The Morgan fingerprint density at radius 2 is 1.95 bits per heavy atom. The molecule has 0 bridgehead atoms. The largest absolute Gasteiger partial charge is 0.496 e. The average molecular weight is 295 g/mol. The van der Waals surface area contributed by atoms with Gasteiger partial charge in [0.15, 0.2) is 0 Å². The van der Waals surface area contributed by atoms with Crippen LogP contribution in [0.25, 0.3) is 11.6 Å². The van der Waals surface area contributed by atoms with E-state index >= 15 is 0 Å². The summed E-state index contributed by atoms with van der Waals surface area (Å²) in [4.78, 5) is 0. The van der Waals surface area contributed by atoms with Gasteiger partial charge in [0.2, 0.25) is 0 Å². The van der Waals surface area contributed by atoms with E-state index in [-0.39, 0.29) is 11.7 Å². The highest BCUT2D eigenvalue weighted by molar-refractivity contribution is 6.24. The zero-order chi connectivity index (χ0) is 14.5. The summed E-state index contributed by atoms with van der Waals surface area (Å²) in [7, 11) is 1.45. The summed E-state index contributed by atoms with van der Waals surface area (Å²) in [6.45, 7) is 0. The van der Waals surface area contributed by atoms with Crippen LogP contribution in [-0.4, -0.2) is 13.0 Å². The molecule has 2 aromatic carbocycles. The molecule has 0 aliphatic heterocycles. The Hall–Kier alpha value is -1.87. The second kappa shape index (κ2) is 6.53. The zero-order valence-electron chi connectivity index (χ0n) is 10.9. The van der Waals surface area contributed by atoms with E-state index in [1.165, 1.54) is 25.3 Å². The van der Waals surface area contributed by atoms with Crippen molar-refractivity contribution in [2.24, 2.45) is 0 Å². The van der Waals surface area contributed by atoms with Gasteiger partial charge in [-0.2, -0.15) is 0 Å². The molecule has 0 aliphatic carbocycles. The van der Waals surface area contributed by atoms with Gasteiger partial charge in [-0.15, -0.1) is 11.6 Å². The van der Waals surface area contributed by atoms with E-state index in [0.717, 1.165) is 0 Å². The van der Waals surface area contributed by atoms with Crippen LogP contribution in [-0.2, 0) is 0 Å². The predicted octanol–water partition coefficient (Wildman–Crippen LogP) is 4.75. The van der Waals surface area contributed by atoms with E-state index < -0.39 is 5.82 Å². The van der Waals surface area contributed by atoms with Crippen LogP contribution < -0.4 is 4.74 Å². The lowest BCUT2D eigenvalue weighted by molar-refractivity contribution is 0.410. The Kier molecular flexibility index (Phi) is 4.74. The van der Waals surface area contributed by atoms with Crippen molar-refractivity contribution in [1.29, 1.82) is 0 Å². The van der Waals surface area contributed by atoms with Crippen LogP contribution in [0.1, 0.15) is 11.1 Å². The monoisotopic (exact) mass is 294 g/mol. The van der Waals surface area contributed by atoms with Crippen LogP contribution in [0.4, 0.5) is 8.78 Å². The molecule has 0 radical (unpaired) electrons. The van der Waals surface area contributed by atoms with Crippen molar-refractivity contribution in [2.75, 3.05) is 13.0 Å². The molecular formula is C16H13ClF2O. The maximum atomic E-state index is 13.7. The molecule has 0 spiro atoms. The number of benzene rings is 2. The van der Waals surface area contributed by atoms with E-state index in [9.17, 15) is 8.78 Å². The summed E-state index contributed by atoms with van der Waals surface area (Å²) in [6.07, 6.45) is 1.64. The standard InChI is InChI=1S/C16H13ClF2O/c1-20-16-9-13(18)6-7-14(16)12(10-17)8-11-4-2-3-5-15(11)19/h2-9H,10H2,1H3. The third-order valence-corrected chi connectivity index (χ3v) is 3.18. The molecule has 0 heterocycles. The number of rotatable bonds is 4. The summed E-state index contributed by atoms with van der Waals surface area (Å²) in [5.41, 5.74) is 1.73. The molecule has 0 N–H and O–H groups in total. The highest BCUT2D eigenvalue weighted by Gasteiger charge is 2.10. The van der Waals surface area contributed by atoms with Crippen molar-refractivity contribution in [1.82, 2.24) is 0 Å². The van der Waals surface area contributed by atoms with Gasteiger partial charge in [0.25, 0.3) is 0 Å². The maximum Gasteiger partial charge on any atom is 0.130 e. The Balaban J connectivity index is 2.50. The molecule has 4 heteroatoms. The van der Waals surface area contributed by atoms with Crippen molar-refractivity contribution in [3.05, 3.63) is 65.2 Å². The third-order valence-electron chi connectivity index (χ3n) is 2.89. The molecule has 0 saturated carbocycles. The van der Waals surface area contributed by atoms with Crippen molar-refractivity contribution in [3.8, 4) is 5.75 Å². The first-order valence-electron chi connectivity index (χ1n) is 6.00. The summed E-state index contributed by atoms with van der Waals surface area (Å²) >= 11 is 5.93. The molecule has 0 amide bonds. The average Bonchev–Trinajstić information content (AvgIpc) is 2.46. The highest BCUT2D eigenvalue weighted by atomic mass is 35.5. The minimum absolute atomic E-state index is 0.163. The lowest BCUT2D eigenvalue weighted by atomic mass is 10.0. The normalized spacial score (nSPS) is 11.5. The molecule has 0 fully saturated rings.